The Hall–Kier alpha value is -7.83. The predicted octanol–water partition coefficient (Wildman–Crippen LogP) is 13.0. The third-order valence-electron chi connectivity index (χ3n) is 10.5. The number of benzene rings is 8. The first-order chi connectivity index (χ1) is 32.4. The van der Waals surface area contributed by atoms with Gasteiger partial charge in [-0.15, -0.1) is 0 Å². The summed E-state index contributed by atoms with van der Waals surface area (Å²) in [5.74, 6) is -0.734. The first-order valence-electron chi connectivity index (χ1n) is 23.3. The zero-order chi connectivity index (χ0) is 46.2. The molecule has 0 atom stereocenters. The predicted molar refractivity (Wildman–Crippen MR) is 232 cm³/mol. The molecule has 4 aromatic heterocycles. The second-order valence-electron chi connectivity index (χ2n) is 13.7. The normalized spacial score (nSPS) is 14.3. The first-order valence-corrected chi connectivity index (χ1v) is 18.3. The van der Waals surface area contributed by atoms with Gasteiger partial charge in [-0.3, -0.25) is 0 Å². The highest BCUT2D eigenvalue weighted by Gasteiger charge is 2.21. The summed E-state index contributed by atoms with van der Waals surface area (Å²) in [5, 5.41) is 6.16. The fourth-order valence-corrected chi connectivity index (χ4v) is 8.13. The summed E-state index contributed by atoms with van der Waals surface area (Å²) in [6.45, 7) is 0. The van der Waals surface area contributed by atoms with Gasteiger partial charge in [-0.25, -0.2) is 15.0 Å². The number of nitrogens with zero attached hydrogens (tertiary/aromatic N) is 5. The van der Waals surface area contributed by atoms with Crippen molar-refractivity contribution in [2.75, 3.05) is 0 Å². The number of hydrogen-bond acceptors (Lipinski definition) is 4. The number of hydrogen-bond donors (Lipinski definition) is 0. The summed E-state index contributed by atoms with van der Waals surface area (Å²) in [5.41, 5.74) is 7.04. The highest BCUT2D eigenvalue weighted by molar-refractivity contribution is 6.26. The van der Waals surface area contributed by atoms with E-state index in [0.29, 0.717) is 16.7 Å². The van der Waals surface area contributed by atoms with E-state index in [4.69, 9.17) is 18.1 Å². The first kappa shape index (κ1) is 23.2. The third kappa shape index (κ3) is 4.87. The van der Waals surface area contributed by atoms with Crippen LogP contribution in [0.4, 0.5) is 0 Å². The van der Waals surface area contributed by atoms with E-state index in [2.05, 4.69) is 109 Å². The van der Waals surface area contributed by atoms with Crippen molar-refractivity contribution in [3.05, 3.63) is 188 Å². The molecule has 0 saturated carbocycles. The molecule has 12 aromatic rings. The Bertz CT molecular complexity index is 3980. The van der Waals surface area contributed by atoms with Gasteiger partial charge in [0.05, 0.1) is 35.8 Å². The largest absolute Gasteiger partial charge is 0.456 e. The number of para-hydroxylation sites is 3. The minimum atomic E-state index is -0.616. The van der Waals surface area contributed by atoms with Crippen LogP contribution in [0.15, 0.2) is 192 Å². The van der Waals surface area contributed by atoms with Gasteiger partial charge in [-0.05, 0) is 60.7 Å². The molecule has 0 aliphatic heterocycles. The maximum absolute atomic E-state index is 8.69. The molecule has 0 fully saturated rings. The van der Waals surface area contributed by atoms with E-state index < -0.39 is 60.4 Å². The molecule has 0 saturated heterocycles. The van der Waals surface area contributed by atoms with Gasteiger partial charge in [0, 0.05) is 60.4 Å². The van der Waals surface area contributed by atoms with E-state index in [0.717, 1.165) is 60.4 Å². The van der Waals surface area contributed by atoms with Gasteiger partial charge < -0.3 is 13.6 Å². The van der Waals surface area contributed by atoms with Crippen LogP contribution in [-0.4, -0.2) is 24.1 Å². The molecule has 6 heteroatoms. The van der Waals surface area contributed by atoms with Gasteiger partial charge in [0.25, 0.3) is 0 Å². The van der Waals surface area contributed by atoms with Crippen LogP contribution >= 0.6 is 0 Å². The quantitative estimate of drug-likeness (QED) is 0.176. The van der Waals surface area contributed by atoms with Crippen LogP contribution < -0.4 is 0 Å². The van der Waals surface area contributed by atoms with Gasteiger partial charge in [0.15, 0.2) is 17.5 Å². The highest BCUT2D eigenvalue weighted by atomic mass is 16.3. The summed E-state index contributed by atoms with van der Waals surface area (Å²) < 4.78 is 95.4. The molecule has 12 rings (SSSR count). The molecule has 0 amide bonds. The number of furan rings is 1. The van der Waals surface area contributed by atoms with Crippen LogP contribution in [0.25, 0.3) is 111 Å². The third-order valence-corrected chi connectivity index (χ3v) is 10.5. The van der Waals surface area contributed by atoms with E-state index in [1.807, 2.05) is 30.3 Å². The number of rotatable bonds is 5. The lowest BCUT2D eigenvalue weighted by Gasteiger charge is -2.10. The second-order valence-corrected chi connectivity index (χ2v) is 13.7. The molecule has 0 unspecified atom stereocenters. The minimum Gasteiger partial charge on any atom is -0.456 e. The molecule has 0 aliphatic rings. The zero-order valence-corrected chi connectivity index (χ0v) is 29.8. The van der Waals surface area contributed by atoms with Crippen molar-refractivity contribution in [3.8, 4) is 45.5 Å². The van der Waals surface area contributed by atoms with Gasteiger partial charge in [0.1, 0.15) is 11.2 Å². The van der Waals surface area contributed by atoms with Gasteiger partial charge in [-0.1, -0.05) is 127 Å². The van der Waals surface area contributed by atoms with Crippen molar-refractivity contribution in [2.24, 2.45) is 0 Å². The van der Waals surface area contributed by atoms with E-state index in [9.17, 15) is 0 Å². The van der Waals surface area contributed by atoms with E-state index in [1.165, 1.54) is 5.39 Å². The Kier molecular flexibility index (Phi) is 5.02. The molecular weight excluding hydrogens is 699 g/mol. The topological polar surface area (TPSA) is 61.7 Å². The van der Waals surface area contributed by atoms with Gasteiger partial charge >= 0.3 is 0 Å². The van der Waals surface area contributed by atoms with Crippen molar-refractivity contribution >= 4 is 65.6 Å². The van der Waals surface area contributed by atoms with Crippen molar-refractivity contribution in [1.29, 1.82) is 0 Å². The van der Waals surface area contributed by atoms with Gasteiger partial charge in [-0.2, -0.15) is 0 Å². The van der Waals surface area contributed by atoms with Crippen LogP contribution in [0.5, 0.6) is 0 Å². The van der Waals surface area contributed by atoms with Crippen LogP contribution in [0, 0.1) is 0 Å². The summed E-state index contributed by atoms with van der Waals surface area (Å²) in [4.78, 5) is 13.6. The van der Waals surface area contributed by atoms with Crippen molar-refractivity contribution in [2.45, 2.75) is 0 Å². The van der Waals surface area contributed by atoms with Crippen molar-refractivity contribution in [3.63, 3.8) is 0 Å². The standard InChI is InChI=1S/C51H31N5O/c1-4-14-32(15-5-1)49-52-50(33-16-6-2-7-17-33)54-51(53-49)34-24-26-38-41-31-36(25-29-45(41)57-46(38)30-34)55-43-23-13-11-21-40(43)47-44(55)28-27-39-37-20-10-12-22-42(37)56(48(39)47)35-18-8-3-9-19-35/h1-31H/i1D,2D,4D,5D,6D,7D,14D,15D,16D,17D. The summed E-state index contributed by atoms with van der Waals surface area (Å²) in [6, 6.07) is 37.1. The monoisotopic (exact) mass is 739 g/mol. The Balaban J connectivity index is 1.05. The lowest BCUT2D eigenvalue weighted by Crippen LogP contribution is -2.00. The molecular formula is C51H31N5O. The average Bonchev–Trinajstić information content (AvgIpc) is 4.01. The summed E-state index contributed by atoms with van der Waals surface area (Å²) in [7, 11) is 0. The SMILES string of the molecule is [2H]c1c([2H])c([2H])c(-c2nc(-c3ccc4c(c3)oc3ccc(-n5c6ccccc6c6c5ccc5c7ccccc7n(-c7ccccc7)c56)cc34)nc(-c3c([2H])c([2H])c([2H])c([2H])c3[2H])n2)c([2H])c1[2H]. The molecule has 0 bridgehead atoms. The molecule has 4 heterocycles. The molecule has 6 nitrogen and oxygen atoms in total. The fraction of sp³-hybridized carbons (Fsp3) is 0. The van der Waals surface area contributed by atoms with E-state index in [-0.39, 0.29) is 28.6 Å². The Morgan fingerprint density at radius 3 is 1.74 bits per heavy atom. The Labute approximate surface area is 340 Å². The van der Waals surface area contributed by atoms with E-state index in [1.54, 1.807) is 12.1 Å². The summed E-state index contributed by atoms with van der Waals surface area (Å²) >= 11 is 0. The molecule has 0 N–H and O–H groups in total. The Morgan fingerprint density at radius 1 is 0.404 bits per heavy atom. The number of aromatic nitrogens is 5. The summed E-state index contributed by atoms with van der Waals surface area (Å²) in [6.07, 6.45) is 0. The maximum Gasteiger partial charge on any atom is 0.164 e. The molecule has 0 spiro atoms. The number of fused-ring (bicyclic) bond motifs is 10. The Morgan fingerprint density at radius 2 is 1.02 bits per heavy atom. The van der Waals surface area contributed by atoms with Gasteiger partial charge in [0.2, 0.25) is 0 Å². The molecule has 0 radical (unpaired) electrons. The van der Waals surface area contributed by atoms with Crippen LogP contribution in [0.2, 0.25) is 0 Å². The molecule has 266 valence electrons. The second kappa shape index (κ2) is 12.3. The minimum absolute atomic E-state index is 0.0498. The zero-order valence-electron chi connectivity index (χ0n) is 39.8. The van der Waals surface area contributed by atoms with E-state index >= 15 is 0 Å². The maximum atomic E-state index is 8.69. The lowest BCUT2D eigenvalue weighted by molar-refractivity contribution is 0.669. The van der Waals surface area contributed by atoms with Crippen molar-refractivity contribution in [1.82, 2.24) is 24.1 Å². The van der Waals surface area contributed by atoms with Crippen molar-refractivity contribution < 1.29 is 18.1 Å². The average molecular weight is 740 g/mol. The molecule has 0 aliphatic carbocycles. The molecule has 57 heavy (non-hydrogen) atoms. The van der Waals surface area contributed by atoms with Crippen LogP contribution in [-0.2, 0) is 0 Å². The van der Waals surface area contributed by atoms with Crippen LogP contribution in [0.1, 0.15) is 13.7 Å². The van der Waals surface area contributed by atoms with Crippen LogP contribution in [0.3, 0.4) is 0 Å². The molecule has 8 aromatic carbocycles. The smallest absolute Gasteiger partial charge is 0.164 e. The lowest BCUT2D eigenvalue weighted by atomic mass is 10.1. The fourth-order valence-electron chi connectivity index (χ4n) is 8.13. The highest BCUT2D eigenvalue weighted by Crippen LogP contribution is 2.43.